The quantitative estimate of drug-likeness (QED) is 0.209. The molecule has 6 aromatic carbocycles. The highest BCUT2D eigenvalue weighted by molar-refractivity contribution is 6.25. The average molecular weight is 537 g/mol. The minimum absolute atomic E-state index is 0.676. The van der Waals surface area contributed by atoms with Crippen LogP contribution in [-0.2, 0) is 0 Å². The van der Waals surface area contributed by atoms with Gasteiger partial charge in [0.2, 0.25) is 0 Å². The summed E-state index contributed by atoms with van der Waals surface area (Å²) >= 11 is 0. The maximum atomic E-state index is 6.41. The van der Waals surface area contributed by atoms with Crippen molar-refractivity contribution in [3.8, 4) is 11.1 Å². The lowest BCUT2D eigenvalue weighted by molar-refractivity contribution is 0.656. The Hall–Kier alpha value is -5.74. The van der Waals surface area contributed by atoms with Gasteiger partial charge in [0.1, 0.15) is 22.3 Å². The molecule has 0 aliphatic heterocycles. The van der Waals surface area contributed by atoms with Gasteiger partial charge in [0.15, 0.2) is 5.65 Å². The Labute approximate surface area is 238 Å². The highest BCUT2D eigenvalue weighted by Crippen LogP contribution is 2.41. The van der Waals surface area contributed by atoms with E-state index in [0.717, 1.165) is 93.0 Å². The third-order valence-electron chi connectivity index (χ3n) is 8.60. The first-order valence-corrected chi connectivity index (χ1v) is 14.1. The fourth-order valence-corrected chi connectivity index (χ4v) is 6.69. The summed E-state index contributed by atoms with van der Waals surface area (Å²) in [5.74, 6) is 0. The van der Waals surface area contributed by atoms with Gasteiger partial charge in [-0.25, -0.2) is 9.97 Å². The van der Waals surface area contributed by atoms with E-state index in [2.05, 4.69) is 91.0 Å². The molecule has 194 valence electrons. The van der Waals surface area contributed by atoms with E-state index in [-0.39, 0.29) is 0 Å². The molecule has 4 aromatic heterocycles. The Balaban J connectivity index is 1.50. The van der Waals surface area contributed by atoms with Crippen molar-refractivity contribution < 1.29 is 8.83 Å². The topological polar surface area (TPSA) is 52.1 Å². The van der Waals surface area contributed by atoms with Gasteiger partial charge >= 0.3 is 0 Å². The molecule has 4 heteroatoms. The molecule has 0 aliphatic rings. The number of benzene rings is 6. The lowest BCUT2D eigenvalue weighted by Gasteiger charge is -2.07. The standard InChI is InChI=1S/C38H20N2O2/c1-2-7-21(8-3-1)22-15-16-26-30(18-22)39-38-27-12-6-14-32-36(27)29-19-28-33(20-34(29)42-32)41-31-13-5-11-25(35(28)31)23-9-4-10-24(17-23)37(26)40-38/h1-20H. The predicted molar refractivity (Wildman–Crippen MR) is 172 cm³/mol. The zero-order valence-corrected chi connectivity index (χ0v) is 22.3. The molecule has 0 spiro atoms. The minimum Gasteiger partial charge on any atom is -0.456 e. The second-order valence-corrected chi connectivity index (χ2v) is 11.0. The zero-order valence-electron chi connectivity index (χ0n) is 22.3. The SMILES string of the molecule is c1ccc(-c2ccc3c(c2)nc2nc3c3cccc(c3)c3cccc4oc5cc6oc7cccc2c7c6cc5c43)cc1. The van der Waals surface area contributed by atoms with E-state index >= 15 is 0 Å². The van der Waals surface area contributed by atoms with Crippen LogP contribution in [-0.4, -0.2) is 9.97 Å². The predicted octanol–water partition coefficient (Wildman–Crippen LogP) is 10.6. The van der Waals surface area contributed by atoms with Crippen LogP contribution >= 0.6 is 0 Å². The molecule has 4 heterocycles. The summed E-state index contributed by atoms with van der Waals surface area (Å²) in [5.41, 5.74) is 8.03. The molecule has 0 radical (unpaired) electrons. The van der Waals surface area contributed by atoms with Crippen molar-refractivity contribution in [1.29, 1.82) is 0 Å². The van der Waals surface area contributed by atoms with Gasteiger partial charge in [-0.3, -0.25) is 0 Å². The van der Waals surface area contributed by atoms with Crippen LogP contribution in [0.4, 0.5) is 0 Å². The summed E-state index contributed by atoms with van der Waals surface area (Å²) in [4.78, 5) is 10.5. The Morgan fingerprint density at radius 1 is 0.405 bits per heavy atom. The van der Waals surface area contributed by atoms with Crippen molar-refractivity contribution >= 4 is 87.5 Å². The Morgan fingerprint density at radius 3 is 1.93 bits per heavy atom. The lowest BCUT2D eigenvalue weighted by Crippen LogP contribution is -1.89. The molecule has 42 heavy (non-hydrogen) atoms. The molecular weight excluding hydrogens is 516 g/mol. The van der Waals surface area contributed by atoms with Crippen molar-refractivity contribution in [3.05, 3.63) is 121 Å². The van der Waals surface area contributed by atoms with E-state index in [9.17, 15) is 0 Å². The van der Waals surface area contributed by atoms with Crippen molar-refractivity contribution in [2.24, 2.45) is 0 Å². The van der Waals surface area contributed by atoms with E-state index in [1.165, 1.54) is 0 Å². The molecule has 0 N–H and O–H groups in total. The molecule has 10 aromatic rings. The third-order valence-corrected chi connectivity index (χ3v) is 8.60. The van der Waals surface area contributed by atoms with Crippen LogP contribution in [0.15, 0.2) is 130 Å². The first-order valence-electron chi connectivity index (χ1n) is 14.1. The molecule has 4 nitrogen and oxygen atoms in total. The normalized spacial score (nSPS) is 12.3. The first-order chi connectivity index (χ1) is 20.8. The van der Waals surface area contributed by atoms with Gasteiger partial charge in [0.05, 0.1) is 11.0 Å². The molecule has 0 fully saturated rings. The fourth-order valence-electron chi connectivity index (χ4n) is 6.69. The van der Waals surface area contributed by atoms with Crippen LogP contribution in [0.5, 0.6) is 0 Å². The number of aromatic nitrogens is 2. The second-order valence-electron chi connectivity index (χ2n) is 11.0. The fraction of sp³-hybridized carbons (Fsp3) is 0. The number of hydrogen-bond donors (Lipinski definition) is 0. The number of nitrogens with zero attached hydrogens (tertiary/aromatic N) is 2. The van der Waals surface area contributed by atoms with E-state index < -0.39 is 0 Å². The van der Waals surface area contributed by atoms with Gasteiger partial charge in [-0.2, -0.15) is 0 Å². The van der Waals surface area contributed by atoms with Crippen LogP contribution in [0.2, 0.25) is 0 Å². The minimum atomic E-state index is 0.676. The van der Waals surface area contributed by atoms with Crippen molar-refractivity contribution in [1.82, 2.24) is 9.97 Å². The second kappa shape index (κ2) is 7.93. The van der Waals surface area contributed by atoms with Gasteiger partial charge in [-0.1, -0.05) is 78.9 Å². The van der Waals surface area contributed by atoms with E-state index in [4.69, 9.17) is 18.8 Å². The van der Waals surface area contributed by atoms with E-state index in [1.54, 1.807) is 0 Å². The summed E-state index contributed by atoms with van der Waals surface area (Å²) in [6, 6.07) is 42.2. The monoisotopic (exact) mass is 536 g/mol. The Bertz CT molecular complexity index is 2740. The first kappa shape index (κ1) is 22.0. The van der Waals surface area contributed by atoms with Gasteiger partial charge in [-0.15, -0.1) is 0 Å². The van der Waals surface area contributed by atoms with Crippen molar-refractivity contribution in [3.63, 3.8) is 0 Å². The molecule has 0 saturated heterocycles. The Morgan fingerprint density at radius 2 is 1.12 bits per heavy atom. The third kappa shape index (κ3) is 2.95. The van der Waals surface area contributed by atoms with Crippen LogP contribution in [0.1, 0.15) is 0 Å². The maximum absolute atomic E-state index is 6.41. The summed E-state index contributed by atoms with van der Waals surface area (Å²) in [5, 5.41) is 9.46. The van der Waals surface area contributed by atoms with Crippen LogP contribution in [0, 0.1) is 0 Å². The Kier molecular flexibility index (Phi) is 4.15. The molecule has 6 bridgehead atoms. The molecule has 0 amide bonds. The van der Waals surface area contributed by atoms with E-state index in [1.807, 2.05) is 30.3 Å². The van der Waals surface area contributed by atoms with E-state index in [0.29, 0.717) is 5.65 Å². The average Bonchev–Trinajstić information content (AvgIpc) is 3.60. The zero-order chi connectivity index (χ0) is 27.4. The summed E-state index contributed by atoms with van der Waals surface area (Å²) in [6.07, 6.45) is 0. The lowest BCUT2D eigenvalue weighted by atomic mass is 10.0. The summed E-state index contributed by atoms with van der Waals surface area (Å²) in [6.45, 7) is 0. The number of furan rings is 2. The van der Waals surface area contributed by atoms with Gasteiger partial charge in [0, 0.05) is 43.8 Å². The number of hydrogen-bond acceptors (Lipinski definition) is 4. The number of fused-ring (bicyclic) bond motifs is 9. The van der Waals surface area contributed by atoms with Crippen LogP contribution in [0.3, 0.4) is 0 Å². The highest BCUT2D eigenvalue weighted by atomic mass is 16.3. The smallest absolute Gasteiger partial charge is 0.161 e. The molecule has 0 saturated carbocycles. The van der Waals surface area contributed by atoms with Gasteiger partial charge in [0.25, 0.3) is 0 Å². The molecule has 10 rings (SSSR count). The van der Waals surface area contributed by atoms with Crippen molar-refractivity contribution in [2.45, 2.75) is 0 Å². The highest BCUT2D eigenvalue weighted by Gasteiger charge is 2.17. The summed E-state index contributed by atoms with van der Waals surface area (Å²) in [7, 11) is 0. The molecule has 0 atom stereocenters. The summed E-state index contributed by atoms with van der Waals surface area (Å²) < 4.78 is 12.8. The molecule has 0 unspecified atom stereocenters. The largest absolute Gasteiger partial charge is 0.456 e. The molecule has 0 aliphatic carbocycles. The van der Waals surface area contributed by atoms with Gasteiger partial charge in [-0.05, 0) is 58.3 Å². The number of rotatable bonds is 1. The van der Waals surface area contributed by atoms with Crippen molar-refractivity contribution in [2.75, 3.05) is 0 Å². The van der Waals surface area contributed by atoms with Crippen LogP contribution < -0.4 is 0 Å². The van der Waals surface area contributed by atoms with Gasteiger partial charge < -0.3 is 8.83 Å². The molecular formula is C38H20N2O2. The maximum Gasteiger partial charge on any atom is 0.161 e. The van der Waals surface area contributed by atoms with Crippen LogP contribution in [0.25, 0.3) is 98.6 Å².